The number of carbonyl (C=O) groups excluding carboxylic acids is 2. The summed E-state index contributed by atoms with van der Waals surface area (Å²) in [5.41, 5.74) is 0. The van der Waals surface area contributed by atoms with E-state index in [9.17, 15) is 9.59 Å². The van der Waals surface area contributed by atoms with Crippen LogP contribution in [-0.4, -0.2) is 116 Å². The molecule has 0 N–H and O–H groups in total. The van der Waals surface area contributed by atoms with Crippen LogP contribution in [0.3, 0.4) is 0 Å². The molecule has 0 saturated carbocycles. The second-order valence-corrected chi connectivity index (χ2v) is 6.61. The summed E-state index contributed by atoms with van der Waals surface area (Å²) in [5.74, 6) is -3.34. The Kier molecular flexibility index (Phi) is 13.0. The molecular formula is C20H34O12. The van der Waals surface area contributed by atoms with Crippen molar-refractivity contribution in [1.82, 2.24) is 0 Å². The maximum atomic E-state index is 12.4. The van der Waals surface area contributed by atoms with E-state index in [0.29, 0.717) is 46.2 Å². The van der Waals surface area contributed by atoms with Gasteiger partial charge in [-0.1, -0.05) is 0 Å². The SMILES string of the molecule is CCOC(=O)C1OC2(COCCOCCOCCOCCOCCO2)OC1C(=O)OCC. The van der Waals surface area contributed by atoms with Gasteiger partial charge in [0.1, 0.15) is 6.61 Å². The Balaban J connectivity index is 2.03. The number of ether oxygens (including phenoxy) is 10. The Morgan fingerprint density at radius 3 is 1.44 bits per heavy atom. The van der Waals surface area contributed by atoms with E-state index in [1.54, 1.807) is 13.8 Å². The molecule has 0 radical (unpaired) electrons. The van der Waals surface area contributed by atoms with Crippen LogP contribution in [0.25, 0.3) is 0 Å². The van der Waals surface area contributed by atoms with E-state index >= 15 is 0 Å². The highest BCUT2D eigenvalue weighted by atomic mass is 16.9. The first-order chi connectivity index (χ1) is 15.6. The lowest BCUT2D eigenvalue weighted by molar-refractivity contribution is -0.359. The molecule has 2 aliphatic rings. The second kappa shape index (κ2) is 15.5. The Morgan fingerprint density at radius 2 is 1.03 bits per heavy atom. The van der Waals surface area contributed by atoms with Crippen LogP contribution in [0.4, 0.5) is 0 Å². The molecule has 2 aliphatic heterocycles. The van der Waals surface area contributed by atoms with Crippen molar-refractivity contribution in [2.75, 3.05) is 85.9 Å². The van der Waals surface area contributed by atoms with Crippen molar-refractivity contribution >= 4 is 11.9 Å². The second-order valence-electron chi connectivity index (χ2n) is 6.61. The molecule has 2 saturated heterocycles. The third kappa shape index (κ3) is 9.24. The van der Waals surface area contributed by atoms with Crippen molar-refractivity contribution in [2.24, 2.45) is 0 Å². The molecule has 0 amide bonds. The van der Waals surface area contributed by atoms with E-state index in [-0.39, 0.29) is 39.6 Å². The zero-order chi connectivity index (χ0) is 23.1. The molecule has 0 bridgehead atoms. The lowest BCUT2D eigenvalue weighted by atomic mass is 10.2. The minimum absolute atomic E-state index is 0.0497. The van der Waals surface area contributed by atoms with Gasteiger partial charge in [-0.15, -0.1) is 0 Å². The smallest absolute Gasteiger partial charge is 0.338 e. The first-order valence-corrected chi connectivity index (χ1v) is 10.8. The number of carbonyl (C=O) groups is 2. The Morgan fingerprint density at radius 1 is 0.656 bits per heavy atom. The number of rotatable bonds is 4. The number of esters is 2. The predicted octanol–water partition coefficient (Wildman–Crippen LogP) is -0.336. The third-order valence-electron chi connectivity index (χ3n) is 4.24. The van der Waals surface area contributed by atoms with E-state index in [2.05, 4.69) is 0 Å². The van der Waals surface area contributed by atoms with Gasteiger partial charge < -0.3 is 47.4 Å². The molecule has 0 aromatic rings. The van der Waals surface area contributed by atoms with E-state index in [0.717, 1.165) is 0 Å². The molecule has 1 spiro atoms. The van der Waals surface area contributed by atoms with Gasteiger partial charge in [-0.05, 0) is 13.8 Å². The average molecular weight is 466 g/mol. The lowest BCUT2D eigenvalue weighted by Gasteiger charge is -2.27. The highest BCUT2D eigenvalue weighted by Crippen LogP contribution is 2.32. The maximum absolute atomic E-state index is 12.4. The molecule has 32 heavy (non-hydrogen) atoms. The first-order valence-electron chi connectivity index (χ1n) is 10.8. The summed E-state index contributed by atoms with van der Waals surface area (Å²) in [5, 5.41) is 0. The van der Waals surface area contributed by atoms with E-state index in [1.165, 1.54) is 0 Å². The molecule has 2 atom stereocenters. The zero-order valence-electron chi connectivity index (χ0n) is 18.7. The van der Waals surface area contributed by atoms with Gasteiger partial charge in [0, 0.05) is 0 Å². The largest absolute Gasteiger partial charge is 0.464 e. The summed E-state index contributed by atoms with van der Waals surface area (Å²) in [6.45, 7) is 6.54. The van der Waals surface area contributed by atoms with Crippen LogP contribution in [0.15, 0.2) is 0 Å². The van der Waals surface area contributed by atoms with Gasteiger partial charge in [0.15, 0.2) is 12.2 Å². The minimum atomic E-state index is -1.82. The first kappa shape index (κ1) is 26.9. The van der Waals surface area contributed by atoms with E-state index in [4.69, 9.17) is 47.4 Å². The van der Waals surface area contributed by atoms with Crippen molar-refractivity contribution in [1.29, 1.82) is 0 Å². The minimum Gasteiger partial charge on any atom is -0.464 e. The van der Waals surface area contributed by atoms with Gasteiger partial charge in [0.05, 0.1) is 79.3 Å². The van der Waals surface area contributed by atoms with Crippen molar-refractivity contribution in [2.45, 2.75) is 32.0 Å². The summed E-state index contributed by atoms with van der Waals surface area (Å²) in [7, 11) is 0. The van der Waals surface area contributed by atoms with Crippen molar-refractivity contribution in [3.05, 3.63) is 0 Å². The summed E-state index contributed by atoms with van der Waals surface area (Å²) in [4.78, 5) is 24.8. The molecular weight excluding hydrogens is 432 g/mol. The lowest BCUT2D eigenvalue weighted by Crippen LogP contribution is -2.42. The van der Waals surface area contributed by atoms with Crippen molar-refractivity contribution < 1.29 is 57.0 Å². The standard InChI is InChI=1S/C20H34O12/c1-3-28-18(21)16-17(19(22)29-4-2)32-20(31-16)15-27-12-11-25-8-7-23-5-6-24-9-10-26-13-14-30-20/h16-17H,3-15H2,1-2H3. The molecule has 12 heteroatoms. The van der Waals surface area contributed by atoms with Crippen LogP contribution in [0.5, 0.6) is 0 Å². The van der Waals surface area contributed by atoms with Crippen LogP contribution >= 0.6 is 0 Å². The van der Waals surface area contributed by atoms with Gasteiger partial charge in [-0.25, -0.2) is 9.59 Å². The summed E-state index contributed by atoms with van der Waals surface area (Å²) in [6, 6.07) is 0. The van der Waals surface area contributed by atoms with Crippen LogP contribution < -0.4 is 0 Å². The summed E-state index contributed by atoms with van der Waals surface area (Å²) in [6.07, 6.45) is -2.73. The molecule has 2 fully saturated rings. The molecule has 0 aliphatic carbocycles. The van der Waals surface area contributed by atoms with Gasteiger partial charge in [0.2, 0.25) is 0 Å². The highest BCUT2D eigenvalue weighted by molar-refractivity contribution is 5.86. The quantitative estimate of drug-likeness (QED) is 0.503. The van der Waals surface area contributed by atoms with Crippen molar-refractivity contribution in [3.63, 3.8) is 0 Å². The normalized spacial score (nSPS) is 29.7. The number of hydrogen-bond donors (Lipinski definition) is 0. The predicted molar refractivity (Wildman–Crippen MR) is 106 cm³/mol. The average Bonchev–Trinajstić information content (AvgIpc) is 3.16. The fourth-order valence-corrected chi connectivity index (χ4v) is 2.84. The van der Waals surface area contributed by atoms with Gasteiger partial charge in [0.25, 0.3) is 0 Å². The molecule has 0 aromatic carbocycles. The zero-order valence-corrected chi connectivity index (χ0v) is 18.7. The molecule has 186 valence electrons. The van der Waals surface area contributed by atoms with Crippen LogP contribution in [-0.2, 0) is 57.0 Å². The Labute approximate surface area is 187 Å². The third-order valence-corrected chi connectivity index (χ3v) is 4.24. The summed E-state index contributed by atoms with van der Waals surface area (Å²) < 4.78 is 54.5. The fourth-order valence-electron chi connectivity index (χ4n) is 2.84. The topological polar surface area (TPSA) is 126 Å². The fraction of sp³-hybridized carbons (Fsp3) is 0.900. The molecule has 2 heterocycles. The van der Waals surface area contributed by atoms with Gasteiger partial charge >= 0.3 is 17.9 Å². The number of hydrogen-bond acceptors (Lipinski definition) is 12. The van der Waals surface area contributed by atoms with Gasteiger partial charge in [-0.2, -0.15) is 0 Å². The van der Waals surface area contributed by atoms with Crippen LogP contribution in [0, 0.1) is 0 Å². The van der Waals surface area contributed by atoms with Gasteiger partial charge in [-0.3, -0.25) is 0 Å². The maximum Gasteiger partial charge on any atom is 0.338 e. The van der Waals surface area contributed by atoms with E-state index in [1.807, 2.05) is 0 Å². The van der Waals surface area contributed by atoms with Crippen LogP contribution in [0.2, 0.25) is 0 Å². The molecule has 2 unspecified atom stereocenters. The highest BCUT2D eigenvalue weighted by Gasteiger charge is 2.56. The molecule has 12 nitrogen and oxygen atoms in total. The van der Waals surface area contributed by atoms with Crippen LogP contribution in [0.1, 0.15) is 13.8 Å². The molecule has 2 rings (SSSR count). The Hall–Kier alpha value is -1.38. The van der Waals surface area contributed by atoms with Crippen molar-refractivity contribution in [3.8, 4) is 0 Å². The Bertz CT molecular complexity index is 497. The monoisotopic (exact) mass is 466 g/mol. The summed E-state index contributed by atoms with van der Waals surface area (Å²) >= 11 is 0. The molecule has 0 aromatic heterocycles. The van der Waals surface area contributed by atoms with E-state index < -0.39 is 30.1 Å².